The Morgan fingerprint density at radius 1 is 1.17 bits per heavy atom. The van der Waals surface area contributed by atoms with Crippen LogP contribution in [0.15, 0.2) is 4.99 Å². The molecule has 2 aliphatic rings. The smallest absolute Gasteiger partial charge is 0.208 e. The second kappa shape index (κ2) is 6.98. The highest BCUT2D eigenvalue weighted by Crippen LogP contribution is 2.22. The first-order chi connectivity index (χ1) is 8.83. The van der Waals surface area contributed by atoms with Gasteiger partial charge in [-0.25, -0.2) is 10.8 Å². The number of piperidine rings is 1. The molecule has 18 heavy (non-hydrogen) atoms. The molecule has 2 rings (SSSR count). The number of guanidine groups is 1. The van der Waals surface area contributed by atoms with Crippen molar-refractivity contribution in [1.82, 2.24) is 10.3 Å². The number of hydrogen-bond acceptors (Lipinski definition) is 2. The van der Waals surface area contributed by atoms with Crippen molar-refractivity contribution in [3.8, 4) is 0 Å². The van der Waals surface area contributed by atoms with E-state index in [2.05, 4.69) is 17.2 Å². The maximum Gasteiger partial charge on any atom is 0.208 e. The van der Waals surface area contributed by atoms with Crippen molar-refractivity contribution in [2.75, 3.05) is 13.1 Å². The van der Waals surface area contributed by atoms with Crippen LogP contribution in [0.5, 0.6) is 0 Å². The molecule has 0 aromatic carbocycles. The average Bonchev–Trinajstić information content (AvgIpc) is 2.46. The molecule has 0 spiro atoms. The molecule has 0 aromatic heterocycles. The predicted octanol–water partition coefficient (Wildman–Crippen LogP) is 2.26. The zero-order valence-corrected chi connectivity index (χ0v) is 11.7. The number of rotatable bonds is 2. The fourth-order valence-electron chi connectivity index (χ4n) is 3.15. The lowest BCUT2D eigenvalue weighted by Crippen LogP contribution is -2.48. The lowest BCUT2D eigenvalue weighted by Gasteiger charge is -2.34. The number of aliphatic imine (C=N–C) groups is 1. The first-order valence-corrected chi connectivity index (χ1v) is 7.62. The van der Waals surface area contributed by atoms with Crippen molar-refractivity contribution in [2.45, 2.75) is 64.3 Å². The van der Waals surface area contributed by atoms with E-state index in [1.165, 1.54) is 51.4 Å². The highest BCUT2D eigenvalue weighted by Gasteiger charge is 2.21. The largest absolute Gasteiger partial charge is 0.342 e. The van der Waals surface area contributed by atoms with Crippen LogP contribution in [0.1, 0.15) is 58.3 Å². The third-order valence-corrected chi connectivity index (χ3v) is 4.50. The second-order valence-electron chi connectivity index (χ2n) is 5.73. The van der Waals surface area contributed by atoms with Crippen LogP contribution in [-0.4, -0.2) is 30.0 Å². The van der Waals surface area contributed by atoms with Gasteiger partial charge < -0.3 is 4.90 Å². The molecule has 1 saturated carbocycles. The van der Waals surface area contributed by atoms with Gasteiger partial charge in [0.1, 0.15) is 0 Å². The van der Waals surface area contributed by atoms with E-state index in [0.717, 1.165) is 25.0 Å². The third kappa shape index (κ3) is 3.61. The lowest BCUT2D eigenvalue weighted by atomic mass is 9.94. The van der Waals surface area contributed by atoms with E-state index in [1.807, 2.05) is 0 Å². The van der Waals surface area contributed by atoms with Crippen LogP contribution in [0.25, 0.3) is 0 Å². The summed E-state index contributed by atoms with van der Waals surface area (Å²) in [5, 5.41) is 0. The van der Waals surface area contributed by atoms with Crippen molar-refractivity contribution in [2.24, 2.45) is 16.8 Å². The quantitative estimate of drug-likeness (QED) is 0.343. The van der Waals surface area contributed by atoms with Gasteiger partial charge in [-0.2, -0.15) is 0 Å². The zero-order valence-electron chi connectivity index (χ0n) is 11.7. The van der Waals surface area contributed by atoms with Gasteiger partial charge in [0.15, 0.2) is 0 Å². The van der Waals surface area contributed by atoms with Gasteiger partial charge >= 0.3 is 0 Å². The molecule has 3 N–H and O–H groups in total. The average molecular weight is 252 g/mol. The van der Waals surface area contributed by atoms with Gasteiger partial charge in [-0.3, -0.25) is 5.43 Å². The molecule has 2 fully saturated rings. The summed E-state index contributed by atoms with van der Waals surface area (Å²) in [6.07, 6.45) is 10.4. The molecule has 1 aliphatic heterocycles. The maximum atomic E-state index is 5.67. The van der Waals surface area contributed by atoms with Gasteiger partial charge in [0.05, 0.1) is 6.04 Å². The topological polar surface area (TPSA) is 53.6 Å². The van der Waals surface area contributed by atoms with Crippen LogP contribution in [0.4, 0.5) is 0 Å². The Balaban J connectivity index is 1.89. The SMILES string of the molecule is CCC1CCN(C(=NC2CCCCC2)NN)CC1. The molecule has 0 bridgehead atoms. The van der Waals surface area contributed by atoms with Gasteiger partial charge in [0.2, 0.25) is 5.96 Å². The van der Waals surface area contributed by atoms with E-state index in [4.69, 9.17) is 10.8 Å². The fraction of sp³-hybridized carbons (Fsp3) is 0.929. The van der Waals surface area contributed by atoms with Crippen LogP contribution in [0, 0.1) is 5.92 Å². The number of hydrogen-bond donors (Lipinski definition) is 2. The van der Waals surface area contributed by atoms with Gasteiger partial charge in [0, 0.05) is 13.1 Å². The maximum absolute atomic E-state index is 5.67. The Labute approximate surface area is 111 Å². The molecule has 0 aromatic rings. The van der Waals surface area contributed by atoms with E-state index >= 15 is 0 Å². The Kier molecular flexibility index (Phi) is 5.29. The molecule has 1 saturated heterocycles. The molecule has 0 amide bonds. The second-order valence-corrected chi connectivity index (χ2v) is 5.73. The molecule has 4 heteroatoms. The Morgan fingerprint density at radius 2 is 1.83 bits per heavy atom. The third-order valence-electron chi connectivity index (χ3n) is 4.50. The first-order valence-electron chi connectivity index (χ1n) is 7.62. The lowest BCUT2D eigenvalue weighted by molar-refractivity contribution is 0.254. The van der Waals surface area contributed by atoms with E-state index in [1.54, 1.807) is 0 Å². The summed E-state index contributed by atoms with van der Waals surface area (Å²) >= 11 is 0. The van der Waals surface area contributed by atoms with Crippen molar-refractivity contribution in [1.29, 1.82) is 0 Å². The van der Waals surface area contributed by atoms with E-state index in [-0.39, 0.29) is 0 Å². The Bertz CT molecular complexity index is 263. The van der Waals surface area contributed by atoms with E-state index < -0.39 is 0 Å². The van der Waals surface area contributed by atoms with Crippen LogP contribution in [-0.2, 0) is 0 Å². The van der Waals surface area contributed by atoms with E-state index in [0.29, 0.717) is 6.04 Å². The molecular weight excluding hydrogens is 224 g/mol. The highest BCUT2D eigenvalue weighted by atomic mass is 15.4. The van der Waals surface area contributed by atoms with Gasteiger partial charge in [-0.1, -0.05) is 32.6 Å². The molecule has 4 nitrogen and oxygen atoms in total. The minimum atomic E-state index is 0.494. The molecular formula is C14H28N4. The van der Waals surface area contributed by atoms with Crippen molar-refractivity contribution in [3.05, 3.63) is 0 Å². The summed E-state index contributed by atoms with van der Waals surface area (Å²) < 4.78 is 0. The van der Waals surface area contributed by atoms with E-state index in [9.17, 15) is 0 Å². The number of nitrogens with two attached hydrogens (primary N) is 1. The summed E-state index contributed by atoms with van der Waals surface area (Å²) in [6, 6.07) is 0.494. The summed E-state index contributed by atoms with van der Waals surface area (Å²) in [6.45, 7) is 4.50. The molecule has 0 radical (unpaired) electrons. The van der Waals surface area contributed by atoms with Gasteiger partial charge in [-0.05, 0) is 31.6 Å². The molecule has 0 atom stereocenters. The fourth-order valence-corrected chi connectivity index (χ4v) is 3.15. The van der Waals surface area contributed by atoms with Crippen molar-refractivity contribution >= 4 is 5.96 Å². The first kappa shape index (κ1) is 13.7. The van der Waals surface area contributed by atoms with Gasteiger partial charge in [-0.15, -0.1) is 0 Å². The minimum Gasteiger partial charge on any atom is -0.342 e. The van der Waals surface area contributed by atoms with Crippen LogP contribution in [0.3, 0.4) is 0 Å². The number of nitrogens with one attached hydrogen (secondary N) is 1. The van der Waals surface area contributed by atoms with Crippen molar-refractivity contribution < 1.29 is 0 Å². The zero-order chi connectivity index (χ0) is 12.8. The minimum absolute atomic E-state index is 0.494. The highest BCUT2D eigenvalue weighted by molar-refractivity contribution is 5.79. The molecule has 104 valence electrons. The molecule has 1 aliphatic carbocycles. The Hall–Kier alpha value is -0.770. The summed E-state index contributed by atoms with van der Waals surface area (Å²) in [5.41, 5.74) is 2.83. The summed E-state index contributed by atoms with van der Waals surface area (Å²) in [7, 11) is 0. The number of likely N-dealkylation sites (tertiary alicyclic amines) is 1. The standard InChI is InChI=1S/C14H28N4/c1-2-12-8-10-18(11-9-12)14(17-15)16-13-6-4-3-5-7-13/h12-13H,2-11,15H2,1H3,(H,16,17). The normalized spacial score (nSPS) is 24.3. The Morgan fingerprint density at radius 3 is 2.39 bits per heavy atom. The monoisotopic (exact) mass is 252 g/mol. The van der Waals surface area contributed by atoms with Gasteiger partial charge in [0.25, 0.3) is 0 Å². The van der Waals surface area contributed by atoms with Crippen LogP contribution < -0.4 is 11.3 Å². The number of hydrazine groups is 1. The molecule has 1 heterocycles. The molecule has 0 unspecified atom stereocenters. The van der Waals surface area contributed by atoms with Crippen molar-refractivity contribution in [3.63, 3.8) is 0 Å². The predicted molar refractivity (Wildman–Crippen MR) is 76.2 cm³/mol. The van der Waals surface area contributed by atoms with Crippen LogP contribution in [0.2, 0.25) is 0 Å². The number of nitrogens with zero attached hydrogens (tertiary/aromatic N) is 2. The summed E-state index contributed by atoms with van der Waals surface area (Å²) in [4.78, 5) is 7.17. The van der Waals surface area contributed by atoms with Crippen LogP contribution >= 0.6 is 0 Å². The summed E-state index contributed by atoms with van der Waals surface area (Å²) in [5.74, 6) is 7.49.